The number of carbonyl (C=O) groups excluding carboxylic acids is 1. The minimum atomic E-state index is -0.793. The average molecular weight is 365 g/mol. The van der Waals surface area contributed by atoms with Crippen LogP contribution in [0.15, 0.2) is 5.38 Å². The summed E-state index contributed by atoms with van der Waals surface area (Å²) < 4.78 is 0. The van der Waals surface area contributed by atoms with Crippen LogP contribution in [0.25, 0.3) is 0 Å². The Labute approximate surface area is 153 Å². The van der Waals surface area contributed by atoms with Gasteiger partial charge in [0.25, 0.3) is 5.91 Å². The molecular weight excluding hydrogens is 336 g/mol. The number of nitrogens with zero attached hydrogens (tertiary/aromatic N) is 2. The number of thiophene rings is 1. The normalized spacial score (nSPS) is 24.0. The number of carboxylic acid groups (broad SMARTS) is 1. The van der Waals surface area contributed by atoms with E-state index in [2.05, 4.69) is 12.3 Å². The minimum Gasteiger partial charge on any atom is -0.480 e. The lowest BCUT2D eigenvalue weighted by Gasteiger charge is -2.26. The van der Waals surface area contributed by atoms with Crippen LogP contribution in [0, 0.1) is 5.92 Å². The van der Waals surface area contributed by atoms with E-state index in [4.69, 9.17) is 5.11 Å². The number of rotatable bonds is 4. The summed E-state index contributed by atoms with van der Waals surface area (Å²) in [6.07, 6.45) is 6.04. The molecule has 138 valence electrons. The Kier molecular flexibility index (Phi) is 5.79. The maximum atomic E-state index is 13.0. The topological polar surface area (TPSA) is 60.9 Å². The van der Waals surface area contributed by atoms with Crippen molar-refractivity contribution in [3.05, 3.63) is 21.4 Å². The molecule has 25 heavy (non-hydrogen) atoms. The molecule has 0 spiro atoms. The zero-order valence-electron chi connectivity index (χ0n) is 15.2. The van der Waals surface area contributed by atoms with Crippen molar-refractivity contribution >= 4 is 23.2 Å². The van der Waals surface area contributed by atoms with Crippen LogP contribution in [0.2, 0.25) is 0 Å². The Morgan fingerprint density at radius 2 is 2.12 bits per heavy atom. The Hall–Kier alpha value is -1.40. The molecule has 1 N–H and O–H groups in total. The van der Waals surface area contributed by atoms with Gasteiger partial charge in [0, 0.05) is 29.4 Å². The van der Waals surface area contributed by atoms with E-state index in [1.807, 2.05) is 16.8 Å². The molecule has 0 radical (unpaired) electrons. The van der Waals surface area contributed by atoms with Gasteiger partial charge in [-0.25, -0.2) is 0 Å². The van der Waals surface area contributed by atoms with Crippen molar-refractivity contribution in [2.75, 3.05) is 26.7 Å². The van der Waals surface area contributed by atoms with Crippen molar-refractivity contribution < 1.29 is 14.7 Å². The minimum absolute atomic E-state index is 0.0643. The van der Waals surface area contributed by atoms with Crippen molar-refractivity contribution in [1.82, 2.24) is 9.80 Å². The fraction of sp³-hybridized carbons (Fsp3) is 0.684. The van der Waals surface area contributed by atoms with E-state index in [1.54, 1.807) is 11.3 Å². The molecular formula is C19H28N2O3S. The van der Waals surface area contributed by atoms with Crippen molar-refractivity contribution in [2.45, 2.75) is 51.5 Å². The molecule has 0 unspecified atom stereocenters. The molecule has 3 rings (SSSR count). The van der Waals surface area contributed by atoms with Gasteiger partial charge in [-0.3, -0.25) is 14.5 Å². The van der Waals surface area contributed by atoms with Gasteiger partial charge in [0.05, 0.1) is 12.1 Å². The predicted octanol–water partition coefficient (Wildman–Crippen LogP) is 2.88. The van der Waals surface area contributed by atoms with Crippen molar-refractivity contribution in [3.8, 4) is 0 Å². The number of likely N-dealkylation sites (tertiary alicyclic amines) is 1. The first-order chi connectivity index (χ1) is 12.0. The number of carbonyl (C=O) groups is 2. The molecule has 2 aliphatic rings. The lowest BCUT2D eigenvalue weighted by Crippen LogP contribution is -2.37. The highest BCUT2D eigenvalue weighted by Gasteiger charge is 2.28. The van der Waals surface area contributed by atoms with Crippen LogP contribution in [-0.4, -0.2) is 59.5 Å². The van der Waals surface area contributed by atoms with Gasteiger partial charge in [0.1, 0.15) is 0 Å². The van der Waals surface area contributed by atoms with Gasteiger partial charge in [-0.2, -0.15) is 0 Å². The molecule has 1 fully saturated rings. The van der Waals surface area contributed by atoms with Gasteiger partial charge >= 0.3 is 5.97 Å². The van der Waals surface area contributed by atoms with Gasteiger partial charge in [0.2, 0.25) is 0 Å². The van der Waals surface area contributed by atoms with E-state index in [1.165, 1.54) is 16.9 Å². The summed E-state index contributed by atoms with van der Waals surface area (Å²) in [6.45, 7) is 3.84. The third-order valence-corrected chi connectivity index (χ3v) is 6.68. The van der Waals surface area contributed by atoms with E-state index in [-0.39, 0.29) is 18.5 Å². The summed E-state index contributed by atoms with van der Waals surface area (Å²) in [4.78, 5) is 29.3. The van der Waals surface area contributed by atoms with E-state index in [9.17, 15) is 9.59 Å². The number of hydrogen-bond acceptors (Lipinski definition) is 4. The molecule has 2 heterocycles. The maximum Gasteiger partial charge on any atom is 0.317 e. The Balaban J connectivity index is 1.65. The van der Waals surface area contributed by atoms with Crippen LogP contribution in [0.1, 0.15) is 53.4 Å². The molecule has 1 aliphatic carbocycles. The molecule has 0 saturated carbocycles. The average Bonchev–Trinajstić information content (AvgIpc) is 2.81. The first kappa shape index (κ1) is 18.4. The van der Waals surface area contributed by atoms with E-state index in [0.717, 1.165) is 50.1 Å². The summed E-state index contributed by atoms with van der Waals surface area (Å²) in [5, 5.41) is 11.0. The summed E-state index contributed by atoms with van der Waals surface area (Å²) >= 11 is 1.74. The first-order valence-corrected chi connectivity index (χ1v) is 10.1. The first-order valence-electron chi connectivity index (χ1n) is 9.26. The van der Waals surface area contributed by atoms with Crippen LogP contribution < -0.4 is 0 Å². The smallest absolute Gasteiger partial charge is 0.317 e. The lowest BCUT2D eigenvalue weighted by atomic mass is 9.88. The van der Waals surface area contributed by atoms with Crippen molar-refractivity contribution in [2.24, 2.45) is 5.92 Å². The third kappa shape index (κ3) is 4.23. The lowest BCUT2D eigenvalue weighted by molar-refractivity contribution is -0.138. The molecule has 2 atom stereocenters. The fourth-order valence-corrected chi connectivity index (χ4v) is 5.33. The second-order valence-corrected chi connectivity index (χ2v) is 8.55. The molecule has 1 aromatic heterocycles. The number of hydrogen-bond donors (Lipinski definition) is 1. The molecule has 0 bridgehead atoms. The Bertz CT molecular complexity index is 643. The highest BCUT2D eigenvalue weighted by molar-refractivity contribution is 7.10. The van der Waals surface area contributed by atoms with Gasteiger partial charge < -0.3 is 10.0 Å². The number of fused-ring (bicyclic) bond motifs is 1. The number of likely N-dealkylation sites (N-methyl/N-ethyl adjacent to an activating group) is 1. The van der Waals surface area contributed by atoms with E-state index < -0.39 is 5.97 Å². The summed E-state index contributed by atoms with van der Waals surface area (Å²) in [6, 6.07) is 0.242. The Morgan fingerprint density at radius 1 is 1.32 bits per heavy atom. The second-order valence-electron chi connectivity index (χ2n) is 7.58. The number of amides is 1. The fourth-order valence-electron chi connectivity index (χ4n) is 4.09. The van der Waals surface area contributed by atoms with E-state index in [0.29, 0.717) is 6.54 Å². The third-order valence-electron chi connectivity index (χ3n) is 5.62. The van der Waals surface area contributed by atoms with Crippen molar-refractivity contribution in [1.29, 1.82) is 0 Å². The van der Waals surface area contributed by atoms with Gasteiger partial charge in [-0.1, -0.05) is 6.92 Å². The molecule has 5 nitrogen and oxygen atoms in total. The van der Waals surface area contributed by atoms with Gasteiger partial charge in [-0.15, -0.1) is 11.3 Å². The van der Waals surface area contributed by atoms with Gasteiger partial charge in [0.15, 0.2) is 0 Å². The van der Waals surface area contributed by atoms with Gasteiger partial charge in [-0.05, 0) is 57.1 Å². The number of aliphatic carboxylic acids is 1. The predicted molar refractivity (Wildman–Crippen MR) is 99.3 cm³/mol. The Morgan fingerprint density at radius 3 is 2.88 bits per heavy atom. The zero-order chi connectivity index (χ0) is 18.0. The van der Waals surface area contributed by atoms with Crippen LogP contribution in [0.3, 0.4) is 0 Å². The second kappa shape index (κ2) is 7.87. The van der Waals surface area contributed by atoms with E-state index >= 15 is 0 Å². The molecule has 1 saturated heterocycles. The molecule has 1 aliphatic heterocycles. The zero-order valence-corrected chi connectivity index (χ0v) is 16.0. The van der Waals surface area contributed by atoms with Crippen LogP contribution >= 0.6 is 11.3 Å². The highest BCUT2D eigenvalue weighted by atomic mass is 32.1. The highest BCUT2D eigenvalue weighted by Crippen LogP contribution is 2.33. The number of carboxylic acids is 1. The molecule has 1 aromatic rings. The quantitative estimate of drug-likeness (QED) is 0.892. The summed E-state index contributed by atoms with van der Waals surface area (Å²) in [5.41, 5.74) is 2.21. The summed E-state index contributed by atoms with van der Waals surface area (Å²) in [7, 11) is 1.87. The molecule has 6 heteroatoms. The molecule has 1 amide bonds. The molecule has 0 aromatic carbocycles. The largest absolute Gasteiger partial charge is 0.480 e. The standard InChI is InChI=1S/C19H28N2O3S/c1-13-5-6-15-16(12-25-17(15)10-13)19(24)21-8-3-4-14(7-9-21)20(2)11-18(22)23/h12-14H,3-11H2,1-2H3,(H,22,23)/t13-,14+/m1/s1. The van der Waals surface area contributed by atoms with Crippen LogP contribution in [0.4, 0.5) is 0 Å². The SMILES string of the molecule is C[C@@H]1CCc2c(C(=O)N3CCC[C@H](N(C)CC(=O)O)CC3)csc2C1. The maximum absolute atomic E-state index is 13.0. The summed E-state index contributed by atoms with van der Waals surface area (Å²) in [5.74, 6) is 0.102. The van der Waals surface area contributed by atoms with Crippen LogP contribution in [-0.2, 0) is 17.6 Å². The monoisotopic (exact) mass is 364 g/mol. The van der Waals surface area contributed by atoms with Crippen molar-refractivity contribution in [3.63, 3.8) is 0 Å². The van der Waals surface area contributed by atoms with Crippen LogP contribution in [0.5, 0.6) is 0 Å².